The van der Waals surface area contributed by atoms with E-state index in [2.05, 4.69) is 43.4 Å². The van der Waals surface area contributed by atoms with Gasteiger partial charge in [-0.2, -0.15) is 4.68 Å². The number of benzene rings is 1. The van der Waals surface area contributed by atoms with E-state index in [-0.39, 0.29) is 5.91 Å². The molecule has 0 saturated heterocycles. The van der Waals surface area contributed by atoms with Crippen LogP contribution in [0.2, 0.25) is 0 Å². The molecule has 2 aromatic heterocycles. The Morgan fingerprint density at radius 2 is 2.25 bits per heavy atom. The molecule has 0 saturated carbocycles. The number of aromatic nitrogens is 4. The van der Waals surface area contributed by atoms with E-state index in [0.29, 0.717) is 10.6 Å². The molecule has 0 bridgehead atoms. The highest BCUT2D eigenvalue weighted by Gasteiger charge is 2.15. The number of nitrogens with zero attached hydrogens (tertiary/aromatic N) is 4. The summed E-state index contributed by atoms with van der Waals surface area (Å²) in [6.45, 7) is 0. The number of hydrogen-bond acceptors (Lipinski definition) is 5. The molecule has 3 rings (SSSR count). The SMILES string of the molecule is O=C(Nc1cccc(I)c1)c1sccc1-n1cnnn1. The van der Waals surface area contributed by atoms with Crippen molar-refractivity contribution in [1.29, 1.82) is 0 Å². The predicted molar refractivity (Wildman–Crippen MR) is 84.1 cm³/mol. The lowest BCUT2D eigenvalue weighted by atomic mass is 10.3. The van der Waals surface area contributed by atoms with Gasteiger partial charge in [-0.25, -0.2) is 0 Å². The van der Waals surface area contributed by atoms with Crippen LogP contribution >= 0.6 is 33.9 Å². The average Bonchev–Trinajstić information content (AvgIpc) is 3.09. The molecular formula is C12H8IN5OS. The molecule has 0 atom stereocenters. The van der Waals surface area contributed by atoms with Crippen LogP contribution in [0.25, 0.3) is 5.69 Å². The van der Waals surface area contributed by atoms with Crippen LogP contribution in [0.4, 0.5) is 5.69 Å². The van der Waals surface area contributed by atoms with E-state index in [1.54, 1.807) is 0 Å². The first-order valence-electron chi connectivity index (χ1n) is 5.62. The van der Waals surface area contributed by atoms with Crippen LogP contribution in [0.3, 0.4) is 0 Å². The Bertz CT molecular complexity index is 740. The Balaban J connectivity index is 1.87. The molecule has 0 aliphatic rings. The lowest BCUT2D eigenvalue weighted by molar-refractivity contribution is 0.103. The van der Waals surface area contributed by atoms with Crippen molar-refractivity contribution in [3.05, 3.63) is 50.5 Å². The fraction of sp³-hybridized carbons (Fsp3) is 0. The fourth-order valence-corrected chi connectivity index (χ4v) is 3.00. The minimum atomic E-state index is -0.174. The molecule has 6 nitrogen and oxygen atoms in total. The van der Waals surface area contributed by atoms with Crippen LogP contribution in [0, 0.1) is 3.57 Å². The second-order valence-electron chi connectivity index (χ2n) is 3.85. The van der Waals surface area contributed by atoms with Crippen molar-refractivity contribution in [2.24, 2.45) is 0 Å². The maximum Gasteiger partial charge on any atom is 0.267 e. The summed E-state index contributed by atoms with van der Waals surface area (Å²) in [5.74, 6) is -0.174. The molecule has 100 valence electrons. The standard InChI is InChI=1S/C12H8IN5OS/c13-8-2-1-3-9(6-8)15-12(19)11-10(4-5-20-11)18-7-14-16-17-18/h1-7H,(H,15,19). The third-order valence-electron chi connectivity index (χ3n) is 2.53. The lowest BCUT2D eigenvalue weighted by Crippen LogP contribution is -2.13. The summed E-state index contributed by atoms with van der Waals surface area (Å²) in [4.78, 5) is 12.9. The number of nitrogens with one attached hydrogen (secondary N) is 1. The van der Waals surface area contributed by atoms with Gasteiger partial charge in [-0.1, -0.05) is 6.07 Å². The Kier molecular flexibility index (Phi) is 3.74. The van der Waals surface area contributed by atoms with Crippen LogP contribution in [-0.2, 0) is 0 Å². The normalized spacial score (nSPS) is 10.4. The summed E-state index contributed by atoms with van der Waals surface area (Å²) in [7, 11) is 0. The average molecular weight is 397 g/mol. The molecule has 0 unspecified atom stereocenters. The molecule has 2 heterocycles. The first kappa shape index (κ1) is 13.2. The van der Waals surface area contributed by atoms with Gasteiger partial charge in [0.15, 0.2) is 0 Å². The zero-order chi connectivity index (χ0) is 13.9. The highest BCUT2D eigenvalue weighted by atomic mass is 127. The van der Waals surface area contributed by atoms with Crippen molar-refractivity contribution in [2.45, 2.75) is 0 Å². The number of rotatable bonds is 3. The highest BCUT2D eigenvalue weighted by molar-refractivity contribution is 14.1. The largest absolute Gasteiger partial charge is 0.321 e. The van der Waals surface area contributed by atoms with Crippen molar-refractivity contribution in [3.63, 3.8) is 0 Å². The molecular weight excluding hydrogens is 389 g/mol. The zero-order valence-corrected chi connectivity index (χ0v) is 13.0. The Morgan fingerprint density at radius 3 is 3.00 bits per heavy atom. The third-order valence-corrected chi connectivity index (χ3v) is 4.10. The number of carbonyl (C=O) groups excluding carboxylic acids is 1. The van der Waals surface area contributed by atoms with E-state index in [1.165, 1.54) is 22.3 Å². The first-order chi connectivity index (χ1) is 9.74. The highest BCUT2D eigenvalue weighted by Crippen LogP contribution is 2.22. The molecule has 3 aromatic rings. The Labute approximate surface area is 132 Å². The van der Waals surface area contributed by atoms with Crippen LogP contribution in [-0.4, -0.2) is 26.1 Å². The van der Waals surface area contributed by atoms with Crippen molar-refractivity contribution in [2.75, 3.05) is 5.32 Å². The van der Waals surface area contributed by atoms with E-state index in [0.717, 1.165) is 9.26 Å². The van der Waals surface area contributed by atoms with Crippen molar-refractivity contribution in [1.82, 2.24) is 20.2 Å². The summed E-state index contributed by atoms with van der Waals surface area (Å²) in [6, 6.07) is 9.43. The topological polar surface area (TPSA) is 72.7 Å². The van der Waals surface area contributed by atoms with Crippen molar-refractivity contribution >= 4 is 45.5 Å². The molecule has 0 radical (unpaired) electrons. The van der Waals surface area contributed by atoms with Crippen molar-refractivity contribution < 1.29 is 4.79 Å². The molecule has 0 fully saturated rings. The molecule has 8 heteroatoms. The van der Waals surface area contributed by atoms with Crippen LogP contribution < -0.4 is 5.32 Å². The van der Waals surface area contributed by atoms with Gasteiger partial charge in [-0.15, -0.1) is 16.4 Å². The Hall–Kier alpha value is -1.81. The summed E-state index contributed by atoms with van der Waals surface area (Å²) >= 11 is 3.55. The molecule has 0 spiro atoms. The summed E-state index contributed by atoms with van der Waals surface area (Å²) < 4.78 is 2.53. The third kappa shape index (κ3) is 2.70. The van der Waals surface area contributed by atoms with Crippen molar-refractivity contribution in [3.8, 4) is 5.69 Å². The van der Waals surface area contributed by atoms with Crippen LogP contribution in [0.15, 0.2) is 42.0 Å². The molecule has 20 heavy (non-hydrogen) atoms. The minimum absolute atomic E-state index is 0.174. The number of thiophene rings is 1. The van der Waals surface area contributed by atoms with Gasteiger partial charge < -0.3 is 5.32 Å². The number of anilines is 1. The number of amides is 1. The van der Waals surface area contributed by atoms with E-state index in [9.17, 15) is 4.79 Å². The van der Waals surface area contributed by atoms with Gasteiger partial charge in [0.2, 0.25) is 0 Å². The maximum absolute atomic E-state index is 12.3. The number of tetrazole rings is 1. The predicted octanol–water partition coefficient (Wildman–Crippen LogP) is 2.58. The molecule has 1 N–H and O–H groups in total. The van der Waals surface area contributed by atoms with Gasteiger partial charge >= 0.3 is 0 Å². The summed E-state index contributed by atoms with van der Waals surface area (Å²) in [6.07, 6.45) is 1.46. The fourth-order valence-electron chi connectivity index (χ4n) is 1.68. The number of halogens is 1. The number of hydrogen-bond donors (Lipinski definition) is 1. The second kappa shape index (κ2) is 5.67. The molecule has 1 amide bonds. The van der Waals surface area contributed by atoms with Crippen LogP contribution in [0.5, 0.6) is 0 Å². The second-order valence-corrected chi connectivity index (χ2v) is 6.02. The zero-order valence-electron chi connectivity index (χ0n) is 10.0. The Morgan fingerprint density at radius 1 is 1.35 bits per heavy atom. The van der Waals surface area contributed by atoms with E-state index >= 15 is 0 Å². The van der Waals surface area contributed by atoms with Gasteiger partial charge in [-0.05, 0) is 62.7 Å². The van der Waals surface area contributed by atoms with E-state index in [4.69, 9.17) is 0 Å². The van der Waals surface area contributed by atoms with E-state index in [1.807, 2.05) is 35.7 Å². The first-order valence-corrected chi connectivity index (χ1v) is 7.57. The molecule has 1 aromatic carbocycles. The monoisotopic (exact) mass is 397 g/mol. The minimum Gasteiger partial charge on any atom is -0.321 e. The quantitative estimate of drug-likeness (QED) is 0.690. The van der Waals surface area contributed by atoms with Gasteiger partial charge in [-0.3, -0.25) is 4.79 Å². The van der Waals surface area contributed by atoms with Gasteiger partial charge in [0, 0.05) is 9.26 Å². The smallest absolute Gasteiger partial charge is 0.267 e. The summed E-state index contributed by atoms with van der Waals surface area (Å²) in [5.41, 5.74) is 1.43. The van der Waals surface area contributed by atoms with Gasteiger partial charge in [0.25, 0.3) is 5.91 Å². The number of carbonyl (C=O) groups is 1. The maximum atomic E-state index is 12.3. The lowest BCUT2D eigenvalue weighted by Gasteiger charge is -2.05. The molecule has 0 aliphatic carbocycles. The van der Waals surface area contributed by atoms with Gasteiger partial charge in [0.1, 0.15) is 11.2 Å². The van der Waals surface area contributed by atoms with E-state index < -0.39 is 0 Å². The molecule has 0 aliphatic heterocycles. The summed E-state index contributed by atoms with van der Waals surface area (Å²) in [5, 5.41) is 15.7. The van der Waals surface area contributed by atoms with Crippen LogP contribution in [0.1, 0.15) is 9.67 Å². The van der Waals surface area contributed by atoms with Gasteiger partial charge in [0.05, 0.1) is 5.69 Å².